The van der Waals surface area contributed by atoms with Crippen molar-refractivity contribution < 1.29 is 14.3 Å². The SMILES string of the molecule is O=C(O)Cc1cc(Cl)cc(Sc2ccc(Sc3ccccc3)cc2F)c1. The summed E-state index contributed by atoms with van der Waals surface area (Å²) in [6.45, 7) is 0. The highest BCUT2D eigenvalue weighted by Crippen LogP contribution is 2.35. The lowest BCUT2D eigenvalue weighted by molar-refractivity contribution is -0.136. The fourth-order valence-electron chi connectivity index (χ4n) is 2.34. The van der Waals surface area contributed by atoms with Crippen LogP contribution >= 0.6 is 35.1 Å². The average Bonchev–Trinajstić information content (AvgIpc) is 2.57. The van der Waals surface area contributed by atoms with Crippen LogP contribution in [0.2, 0.25) is 5.02 Å². The summed E-state index contributed by atoms with van der Waals surface area (Å²) in [6, 6.07) is 19.9. The first kappa shape index (κ1) is 18.8. The summed E-state index contributed by atoms with van der Waals surface area (Å²) in [5.41, 5.74) is 0.587. The van der Waals surface area contributed by atoms with Crippen molar-refractivity contribution in [1.82, 2.24) is 0 Å². The van der Waals surface area contributed by atoms with E-state index in [2.05, 4.69) is 0 Å². The zero-order valence-corrected chi connectivity index (χ0v) is 15.9. The molecule has 0 radical (unpaired) electrons. The third-order valence-corrected chi connectivity index (χ3v) is 5.63. The molecular weight excluding hydrogens is 391 g/mol. The minimum atomic E-state index is -0.934. The van der Waals surface area contributed by atoms with Crippen LogP contribution in [0.3, 0.4) is 0 Å². The van der Waals surface area contributed by atoms with Crippen LogP contribution in [0, 0.1) is 5.82 Å². The molecule has 0 bridgehead atoms. The minimum Gasteiger partial charge on any atom is -0.481 e. The molecule has 2 nitrogen and oxygen atoms in total. The molecule has 3 rings (SSSR count). The van der Waals surface area contributed by atoms with Crippen molar-refractivity contribution in [2.45, 2.75) is 26.0 Å². The summed E-state index contributed by atoms with van der Waals surface area (Å²) in [5, 5.41) is 9.36. The molecule has 0 amide bonds. The third kappa shape index (κ3) is 5.27. The first-order chi connectivity index (χ1) is 12.5. The zero-order valence-electron chi connectivity index (χ0n) is 13.5. The van der Waals surface area contributed by atoms with E-state index in [-0.39, 0.29) is 12.2 Å². The first-order valence-electron chi connectivity index (χ1n) is 7.71. The summed E-state index contributed by atoms with van der Waals surface area (Å²) >= 11 is 8.77. The van der Waals surface area contributed by atoms with Gasteiger partial charge in [-0.2, -0.15) is 0 Å². The summed E-state index contributed by atoms with van der Waals surface area (Å²) in [7, 11) is 0. The highest BCUT2D eigenvalue weighted by molar-refractivity contribution is 7.99. The van der Waals surface area contributed by atoms with E-state index >= 15 is 0 Å². The Hall–Kier alpha value is -1.95. The number of aliphatic carboxylic acids is 1. The number of rotatable bonds is 6. The maximum Gasteiger partial charge on any atom is 0.307 e. The molecule has 0 spiro atoms. The van der Waals surface area contributed by atoms with Gasteiger partial charge in [-0.1, -0.05) is 53.3 Å². The Bertz CT molecular complexity index is 932. The van der Waals surface area contributed by atoms with E-state index in [1.807, 2.05) is 36.4 Å². The van der Waals surface area contributed by atoms with E-state index in [9.17, 15) is 9.18 Å². The Labute approximate surface area is 164 Å². The minimum absolute atomic E-state index is 0.122. The van der Waals surface area contributed by atoms with Crippen molar-refractivity contribution in [1.29, 1.82) is 0 Å². The second-order valence-corrected chi connectivity index (χ2v) is 8.17. The molecule has 0 unspecified atom stereocenters. The fourth-order valence-corrected chi connectivity index (χ4v) is 4.46. The summed E-state index contributed by atoms with van der Waals surface area (Å²) in [4.78, 5) is 13.9. The van der Waals surface area contributed by atoms with Crippen LogP contribution in [0.4, 0.5) is 4.39 Å². The number of benzene rings is 3. The van der Waals surface area contributed by atoms with Gasteiger partial charge in [0, 0.05) is 24.6 Å². The molecule has 3 aromatic rings. The van der Waals surface area contributed by atoms with Gasteiger partial charge in [-0.3, -0.25) is 4.79 Å². The third-order valence-electron chi connectivity index (χ3n) is 3.40. The van der Waals surface area contributed by atoms with E-state index in [0.717, 1.165) is 9.79 Å². The molecule has 0 saturated heterocycles. The number of hydrogen-bond acceptors (Lipinski definition) is 3. The molecule has 0 atom stereocenters. The summed E-state index contributed by atoms with van der Waals surface area (Å²) < 4.78 is 14.5. The Kier molecular flexibility index (Phi) is 6.25. The quantitative estimate of drug-likeness (QED) is 0.515. The topological polar surface area (TPSA) is 37.3 Å². The highest BCUT2D eigenvalue weighted by Gasteiger charge is 2.10. The van der Waals surface area contributed by atoms with Crippen molar-refractivity contribution in [3.05, 3.63) is 83.1 Å². The molecule has 0 fully saturated rings. The molecule has 132 valence electrons. The van der Waals surface area contributed by atoms with Gasteiger partial charge < -0.3 is 5.11 Å². The molecule has 1 N–H and O–H groups in total. The van der Waals surface area contributed by atoms with Crippen LogP contribution in [0.25, 0.3) is 0 Å². The molecular formula is C20H14ClFO2S2. The van der Waals surface area contributed by atoms with Crippen LogP contribution < -0.4 is 0 Å². The number of halogens is 2. The zero-order chi connectivity index (χ0) is 18.5. The van der Waals surface area contributed by atoms with E-state index < -0.39 is 5.97 Å². The van der Waals surface area contributed by atoms with Crippen LogP contribution in [0.5, 0.6) is 0 Å². The summed E-state index contributed by atoms with van der Waals surface area (Å²) in [6.07, 6.45) is -0.122. The van der Waals surface area contributed by atoms with Gasteiger partial charge in [0.05, 0.1) is 6.42 Å². The van der Waals surface area contributed by atoms with Crippen molar-refractivity contribution >= 4 is 41.1 Å². The average molecular weight is 405 g/mol. The second kappa shape index (κ2) is 8.62. The van der Waals surface area contributed by atoms with Gasteiger partial charge in [-0.05, 0) is 54.1 Å². The molecule has 0 aliphatic carbocycles. The number of hydrogen-bond donors (Lipinski definition) is 1. The van der Waals surface area contributed by atoms with Crippen LogP contribution in [-0.2, 0) is 11.2 Å². The molecule has 26 heavy (non-hydrogen) atoms. The lowest BCUT2D eigenvalue weighted by Gasteiger charge is -2.08. The molecule has 0 heterocycles. The van der Waals surface area contributed by atoms with Crippen LogP contribution in [0.1, 0.15) is 5.56 Å². The normalized spacial score (nSPS) is 10.7. The van der Waals surface area contributed by atoms with Crippen molar-refractivity contribution in [3.8, 4) is 0 Å². The van der Waals surface area contributed by atoms with Gasteiger partial charge in [-0.25, -0.2) is 4.39 Å². The first-order valence-corrected chi connectivity index (χ1v) is 9.72. The number of carbonyl (C=O) groups is 1. The smallest absolute Gasteiger partial charge is 0.307 e. The maximum absolute atomic E-state index is 14.5. The van der Waals surface area contributed by atoms with Gasteiger partial charge >= 0.3 is 5.97 Å². The number of carboxylic acid groups (broad SMARTS) is 1. The fraction of sp³-hybridized carbons (Fsp3) is 0.0500. The molecule has 0 aliphatic heterocycles. The highest BCUT2D eigenvalue weighted by atomic mass is 35.5. The Morgan fingerprint density at radius 2 is 1.69 bits per heavy atom. The van der Waals surface area contributed by atoms with E-state index in [1.165, 1.54) is 29.6 Å². The standard InChI is InChI=1S/C20H14ClFO2S2/c21-14-8-13(10-20(23)24)9-17(11-14)26-19-7-6-16(12-18(19)22)25-15-4-2-1-3-5-15/h1-9,11-12H,10H2,(H,23,24). The van der Waals surface area contributed by atoms with Crippen molar-refractivity contribution in [2.75, 3.05) is 0 Å². The number of carboxylic acids is 1. The Morgan fingerprint density at radius 3 is 2.38 bits per heavy atom. The van der Waals surface area contributed by atoms with Gasteiger partial charge in [0.25, 0.3) is 0 Å². The monoisotopic (exact) mass is 404 g/mol. The van der Waals surface area contributed by atoms with E-state index in [0.29, 0.717) is 20.4 Å². The largest absolute Gasteiger partial charge is 0.481 e. The van der Waals surface area contributed by atoms with Crippen LogP contribution in [-0.4, -0.2) is 11.1 Å². The molecule has 0 aliphatic rings. The Balaban J connectivity index is 1.78. The second-order valence-electron chi connectivity index (χ2n) is 5.48. The van der Waals surface area contributed by atoms with Gasteiger partial charge in [0.2, 0.25) is 0 Å². The predicted molar refractivity (Wildman–Crippen MR) is 104 cm³/mol. The van der Waals surface area contributed by atoms with E-state index in [4.69, 9.17) is 16.7 Å². The van der Waals surface area contributed by atoms with Crippen molar-refractivity contribution in [2.24, 2.45) is 0 Å². The van der Waals surface area contributed by atoms with Gasteiger partial charge in [0.1, 0.15) is 5.82 Å². The van der Waals surface area contributed by atoms with Crippen LogP contribution in [0.15, 0.2) is 86.3 Å². The van der Waals surface area contributed by atoms with Gasteiger partial charge in [-0.15, -0.1) is 0 Å². The van der Waals surface area contributed by atoms with Gasteiger partial charge in [0.15, 0.2) is 0 Å². The molecule has 6 heteroatoms. The lowest BCUT2D eigenvalue weighted by atomic mass is 10.1. The van der Waals surface area contributed by atoms with Crippen molar-refractivity contribution in [3.63, 3.8) is 0 Å². The maximum atomic E-state index is 14.5. The molecule has 0 saturated carbocycles. The Morgan fingerprint density at radius 1 is 0.923 bits per heavy atom. The molecule has 3 aromatic carbocycles. The lowest BCUT2D eigenvalue weighted by Crippen LogP contribution is -2.00. The van der Waals surface area contributed by atoms with E-state index in [1.54, 1.807) is 24.3 Å². The predicted octanol–water partition coefficient (Wildman–Crippen LogP) is 6.41. The summed E-state index contributed by atoms with van der Waals surface area (Å²) in [5.74, 6) is -1.26. The molecule has 0 aromatic heterocycles.